The molecule has 1 heterocycles. The van der Waals surface area contributed by atoms with Crippen molar-refractivity contribution in [3.63, 3.8) is 0 Å². The van der Waals surface area contributed by atoms with Gasteiger partial charge in [0.25, 0.3) is 0 Å². The zero-order chi connectivity index (χ0) is 15.4. The molecule has 1 saturated heterocycles. The lowest BCUT2D eigenvalue weighted by atomic mass is 9.90. The van der Waals surface area contributed by atoms with Crippen molar-refractivity contribution in [2.24, 2.45) is 5.92 Å². The summed E-state index contributed by atoms with van der Waals surface area (Å²) in [5.41, 5.74) is 1.33. The standard InChI is InChI=1S/C18H30N2O/c1-13-6-7-14(2)20(12-13)15(3)18(19-4)16-8-10-17(21-5)11-9-16/h8-11,13-15,18-19H,6-7,12H2,1-5H3. The summed E-state index contributed by atoms with van der Waals surface area (Å²) in [6.45, 7) is 8.28. The lowest BCUT2D eigenvalue weighted by Crippen LogP contribution is -2.50. The van der Waals surface area contributed by atoms with Gasteiger partial charge in [0.1, 0.15) is 5.75 Å². The maximum Gasteiger partial charge on any atom is 0.118 e. The quantitative estimate of drug-likeness (QED) is 0.898. The van der Waals surface area contributed by atoms with Crippen molar-refractivity contribution in [2.75, 3.05) is 20.7 Å². The normalized spacial score (nSPS) is 26.3. The minimum absolute atomic E-state index is 0.351. The minimum Gasteiger partial charge on any atom is -0.497 e. The number of nitrogens with zero attached hydrogens (tertiary/aromatic N) is 1. The molecule has 21 heavy (non-hydrogen) atoms. The summed E-state index contributed by atoms with van der Waals surface area (Å²) in [5, 5.41) is 3.51. The molecule has 0 amide bonds. The highest BCUT2D eigenvalue weighted by atomic mass is 16.5. The topological polar surface area (TPSA) is 24.5 Å². The number of rotatable bonds is 5. The van der Waals surface area contributed by atoms with Crippen molar-refractivity contribution in [3.05, 3.63) is 29.8 Å². The van der Waals surface area contributed by atoms with E-state index in [0.717, 1.165) is 11.7 Å². The van der Waals surface area contributed by atoms with E-state index in [4.69, 9.17) is 4.74 Å². The summed E-state index contributed by atoms with van der Waals surface area (Å²) < 4.78 is 5.26. The van der Waals surface area contributed by atoms with E-state index < -0.39 is 0 Å². The first-order valence-corrected chi connectivity index (χ1v) is 8.13. The minimum atomic E-state index is 0.351. The van der Waals surface area contributed by atoms with Gasteiger partial charge in [0.15, 0.2) is 0 Å². The Kier molecular flexibility index (Phi) is 5.65. The van der Waals surface area contributed by atoms with Gasteiger partial charge >= 0.3 is 0 Å². The molecule has 0 bridgehead atoms. The summed E-state index contributed by atoms with van der Waals surface area (Å²) in [4.78, 5) is 2.67. The van der Waals surface area contributed by atoms with Crippen LogP contribution >= 0.6 is 0 Å². The van der Waals surface area contributed by atoms with E-state index in [1.807, 2.05) is 0 Å². The number of likely N-dealkylation sites (tertiary alicyclic amines) is 1. The zero-order valence-corrected chi connectivity index (χ0v) is 14.1. The van der Waals surface area contributed by atoms with Crippen molar-refractivity contribution in [2.45, 2.75) is 51.7 Å². The second-order valence-electron chi connectivity index (χ2n) is 6.51. The smallest absolute Gasteiger partial charge is 0.118 e. The predicted octanol–water partition coefficient (Wildman–Crippen LogP) is 3.46. The third-order valence-electron chi connectivity index (χ3n) is 4.96. The number of nitrogens with one attached hydrogen (secondary N) is 1. The van der Waals surface area contributed by atoms with Crippen molar-refractivity contribution >= 4 is 0 Å². The van der Waals surface area contributed by atoms with E-state index >= 15 is 0 Å². The van der Waals surface area contributed by atoms with E-state index in [9.17, 15) is 0 Å². The number of ether oxygens (including phenoxy) is 1. The van der Waals surface area contributed by atoms with Crippen LogP contribution in [-0.2, 0) is 0 Å². The fraction of sp³-hybridized carbons (Fsp3) is 0.667. The van der Waals surface area contributed by atoms with Crippen LogP contribution in [0.25, 0.3) is 0 Å². The predicted molar refractivity (Wildman–Crippen MR) is 88.8 cm³/mol. The third kappa shape index (κ3) is 3.78. The molecule has 1 N–H and O–H groups in total. The van der Waals surface area contributed by atoms with Gasteiger partial charge < -0.3 is 10.1 Å². The molecule has 3 heteroatoms. The molecule has 0 saturated carbocycles. The highest BCUT2D eigenvalue weighted by molar-refractivity contribution is 5.29. The van der Waals surface area contributed by atoms with Crippen molar-refractivity contribution in [3.8, 4) is 5.75 Å². The molecule has 1 fully saturated rings. The molecule has 118 valence electrons. The van der Waals surface area contributed by atoms with Gasteiger partial charge in [-0.25, -0.2) is 0 Å². The van der Waals surface area contributed by atoms with Crippen LogP contribution in [0.5, 0.6) is 5.75 Å². The zero-order valence-electron chi connectivity index (χ0n) is 14.1. The molecular weight excluding hydrogens is 260 g/mol. The van der Waals surface area contributed by atoms with E-state index in [-0.39, 0.29) is 0 Å². The summed E-state index contributed by atoms with van der Waals surface area (Å²) in [6, 6.07) is 9.96. The van der Waals surface area contributed by atoms with E-state index in [1.165, 1.54) is 24.9 Å². The van der Waals surface area contributed by atoms with Crippen LogP contribution in [-0.4, -0.2) is 37.7 Å². The molecule has 2 rings (SSSR count). The molecule has 1 aliphatic rings. The molecule has 4 unspecified atom stereocenters. The molecule has 1 aliphatic heterocycles. The third-order valence-corrected chi connectivity index (χ3v) is 4.96. The van der Waals surface area contributed by atoms with Gasteiger partial charge in [0.05, 0.1) is 7.11 Å². The molecule has 1 aromatic carbocycles. The summed E-state index contributed by atoms with van der Waals surface area (Å²) >= 11 is 0. The fourth-order valence-corrected chi connectivity index (χ4v) is 3.58. The number of methoxy groups -OCH3 is 1. The Labute approximate surface area is 129 Å². The molecule has 0 aliphatic carbocycles. The highest BCUT2D eigenvalue weighted by Crippen LogP contribution is 2.29. The van der Waals surface area contributed by atoms with Crippen LogP contribution in [0.4, 0.5) is 0 Å². The summed E-state index contributed by atoms with van der Waals surface area (Å²) in [5.74, 6) is 1.72. The maximum atomic E-state index is 5.26. The fourth-order valence-electron chi connectivity index (χ4n) is 3.58. The van der Waals surface area contributed by atoms with Crippen LogP contribution in [0, 0.1) is 5.92 Å². The first-order valence-electron chi connectivity index (χ1n) is 8.13. The number of hydrogen-bond donors (Lipinski definition) is 1. The van der Waals surface area contributed by atoms with E-state index in [0.29, 0.717) is 18.1 Å². The summed E-state index contributed by atoms with van der Waals surface area (Å²) in [7, 11) is 3.77. The van der Waals surface area contributed by atoms with Gasteiger partial charge in [-0.15, -0.1) is 0 Å². The van der Waals surface area contributed by atoms with Crippen LogP contribution in [0.1, 0.15) is 45.2 Å². The Morgan fingerprint density at radius 1 is 1.19 bits per heavy atom. The van der Waals surface area contributed by atoms with Gasteiger partial charge in [-0.2, -0.15) is 0 Å². The average Bonchev–Trinajstić information content (AvgIpc) is 2.51. The van der Waals surface area contributed by atoms with E-state index in [2.05, 4.69) is 62.3 Å². The second kappa shape index (κ2) is 7.28. The van der Waals surface area contributed by atoms with Gasteiger partial charge in [-0.1, -0.05) is 19.1 Å². The number of likely N-dealkylation sites (N-methyl/N-ethyl adjacent to an activating group) is 1. The molecule has 0 spiro atoms. The second-order valence-corrected chi connectivity index (χ2v) is 6.51. The van der Waals surface area contributed by atoms with Crippen LogP contribution in [0.2, 0.25) is 0 Å². The monoisotopic (exact) mass is 290 g/mol. The Hall–Kier alpha value is -1.06. The lowest BCUT2D eigenvalue weighted by molar-refractivity contribution is 0.0667. The van der Waals surface area contributed by atoms with E-state index in [1.54, 1.807) is 7.11 Å². The Morgan fingerprint density at radius 3 is 2.43 bits per heavy atom. The Morgan fingerprint density at radius 2 is 1.86 bits per heavy atom. The van der Waals surface area contributed by atoms with Crippen LogP contribution in [0.3, 0.4) is 0 Å². The van der Waals surface area contributed by atoms with Crippen LogP contribution < -0.4 is 10.1 Å². The van der Waals surface area contributed by atoms with Gasteiger partial charge in [-0.3, -0.25) is 4.90 Å². The molecule has 0 aromatic heterocycles. The molecule has 0 radical (unpaired) electrons. The lowest BCUT2D eigenvalue weighted by Gasteiger charge is -2.43. The van der Waals surface area contributed by atoms with Gasteiger partial charge in [-0.05, 0) is 57.4 Å². The maximum absolute atomic E-state index is 5.26. The van der Waals surface area contributed by atoms with Crippen molar-refractivity contribution in [1.29, 1.82) is 0 Å². The molecular formula is C18H30N2O. The Balaban J connectivity index is 2.14. The first kappa shape index (κ1) is 16.3. The summed E-state index contributed by atoms with van der Waals surface area (Å²) in [6.07, 6.45) is 2.67. The molecule has 4 atom stereocenters. The first-order chi connectivity index (χ1) is 10.1. The van der Waals surface area contributed by atoms with Gasteiger partial charge in [0.2, 0.25) is 0 Å². The van der Waals surface area contributed by atoms with Crippen molar-refractivity contribution < 1.29 is 4.74 Å². The molecule has 1 aromatic rings. The van der Waals surface area contributed by atoms with Crippen LogP contribution in [0.15, 0.2) is 24.3 Å². The number of piperidine rings is 1. The van der Waals surface area contributed by atoms with Gasteiger partial charge in [0, 0.05) is 24.7 Å². The average molecular weight is 290 g/mol. The van der Waals surface area contributed by atoms with Crippen molar-refractivity contribution in [1.82, 2.24) is 10.2 Å². The SMILES string of the molecule is CNC(c1ccc(OC)cc1)C(C)N1CC(C)CCC1C. The number of hydrogen-bond acceptors (Lipinski definition) is 3. The largest absolute Gasteiger partial charge is 0.497 e. The Bertz CT molecular complexity index is 431. The number of benzene rings is 1. The molecule has 3 nitrogen and oxygen atoms in total. The highest BCUT2D eigenvalue weighted by Gasteiger charge is 2.31.